The van der Waals surface area contributed by atoms with Gasteiger partial charge >= 0.3 is 0 Å². The fourth-order valence-electron chi connectivity index (χ4n) is 2.29. The van der Waals surface area contributed by atoms with E-state index in [9.17, 15) is 9.18 Å². The SMILES string of the molecule is CC(Oc1ccccc1F)C(=O)N(CCO)C1CCC1. The summed E-state index contributed by atoms with van der Waals surface area (Å²) >= 11 is 0. The molecule has 0 radical (unpaired) electrons. The maximum absolute atomic E-state index is 13.5. The summed E-state index contributed by atoms with van der Waals surface area (Å²) in [6.45, 7) is 1.83. The van der Waals surface area contributed by atoms with Crippen LogP contribution in [0.3, 0.4) is 0 Å². The van der Waals surface area contributed by atoms with Gasteiger partial charge in [0.25, 0.3) is 5.91 Å². The Hall–Kier alpha value is -1.62. The number of nitrogens with zero attached hydrogens (tertiary/aromatic N) is 1. The largest absolute Gasteiger partial charge is 0.478 e. The number of rotatable bonds is 6. The molecule has 1 aliphatic carbocycles. The number of carbonyl (C=O) groups is 1. The van der Waals surface area contributed by atoms with Gasteiger partial charge in [-0.05, 0) is 38.3 Å². The average molecular weight is 281 g/mol. The molecule has 0 spiro atoms. The lowest BCUT2D eigenvalue weighted by Gasteiger charge is -2.38. The maximum atomic E-state index is 13.5. The first kappa shape index (κ1) is 14.8. The fourth-order valence-corrected chi connectivity index (χ4v) is 2.29. The molecule has 1 fully saturated rings. The summed E-state index contributed by atoms with van der Waals surface area (Å²) in [4.78, 5) is 14.0. The van der Waals surface area contributed by atoms with Gasteiger partial charge in [-0.25, -0.2) is 4.39 Å². The molecule has 4 nitrogen and oxygen atoms in total. The molecule has 0 aromatic heterocycles. The molecule has 1 aromatic carbocycles. The highest BCUT2D eigenvalue weighted by Crippen LogP contribution is 2.26. The van der Waals surface area contributed by atoms with E-state index in [1.54, 1.807) is 24.0 Å². The van der Waals surface area contributed by atoms with Crippen molar-refractivity contribution in [2.45, 2.75) is 38.3 Å². The Bertz CT molecular complexity index is 462. The molecule has 1 N–H and O–H groups in total. The van der Waals surface area contributed by atoms with E-state index in [2.05, 4.69) is 0 Å². The van der Waals surface area contributed by atoms with E-state index < -0.39 is 11.9 Å². The Morgan fingerprint density at radius 2 is 2.20 bits per heavy atom. The van der Waals surface area contributed by atoms with Crippen molar-refractivity contribution in [3.8, 4) is 5.75 Å². The summed E-state index contributed by atoms with van der Waals surface area (Å²) in [5.74, 6) is -0.609. The summed E-state index contributed by atoms with van der Waals surface area (Å²) in [5, 5.41) is 9.07. The molecular weight excluding hydrogens is 261 g/mol. The van der Waals surface area contributed by atoms with Crippen molar-refractivity contribution in [1.82, 2.24) is 4.90 Å². The number of hydrogen-bond donors (Lipinski definition) is 1. The second-order valence-corrected chi connectivity index (χ2v) is 5.03. The average Bonchev–Trinajstić information content (AvgIpc) is 2.38. The number of ether oxygens (including phenoxy) is 1. The summed E-state index contributed by atoms with van der Waals surface area (Å²) in [7, 11) is 0. The number of para-hydroxylation sites is 1. The molecule has 1 saturated carbocycles. The van der Waals surface area contributed by atoms with Crippen molar-refractivity contribution in [1.29, 1.82) is 0 Å². The molecule has 2 rings (SSSR count). The van der Waals surface area contributed by atoms with Gasteiger partial charge in [0.1, 0.15) is 0 Å². The van der Waals surface area contributed by atoms with E-state index in [1.807, 2.05) is 0 Å². The maximum Gasteiger partial charge on any atom is 0.263 e. The van der Waals surface area contributed by atoms with Crippen LogP contribution < -0.4 is 4.74 Å². The van der Waals surface area contributed by atoms with Crippen molar-refractivity contribution in [2.24, 2.45) is 0 Å². The van der Waals surface area contributed by atoms with E-state index in [1.165, 1.54) is 12.1 Å². The lowest BCUT2D eigenvalue weighted by molar-refractivity contribution is -0.142. The van der Waals surface area contributed by atoms with Gasteiger partial charge in [0, 0.05) is 12.6 Å². The van der Waals surface area contributed by atoms with Crippen LogP contribution >= 0.6 is 0 Å². The topological polar surface area (TPSA) is 49.8 Å². The lowest BCUT2D eigenvalue weighted by atomic mass is 9.91. The third-order valence-corrected chi connectivity index (χ3v) is 3.63. The molecule has 1 amide bonds. The minimum Gasteiger partial charge on any atom is -0.478 e. The molecule has 1 atom stereocenters. The van der Waals surface area contributed by atoms with Gasteiger partial charge in [-0.1, -0.05) is 12.1 Å². The van der Waals surface area contributed by atoms with Crippen LogP contribution in [-0.2, 0) is 4.79 Å². The Morgan fingerprint density at radius 3 is 2.75 bits per heavy atom. The van der Waals surface area contributed by atoms with Gasteiger partial charge in [0.15, 0.2) is 17.7 Å². The second-order valence-electron chi connectivity index (χ2n) is 5.03. The van der Waals surface area contributed by atoms with E-state index in [0.29, 0.717) is 6.54 Å². The molecule has 0 saturated heterocycles. The van der Waals surface area contributed by atoms with Crippen molar-refractivity contribution < 1.29 is 19.0 Å². The minimum atomic E-state index is -0.765. The van der Waals surface area contributed by atoms with Crippen molar-refractivity contribution >= 4 is 5.91 Å². The quantitative estimate of drug-likeness (QED) is 0.867. The van der Waals surface area contributed by atoms with Gasteiger partial charge in [-0.15, -0.1) is 0 Å². The monoisotopic (exact) mass is 281 g/mol. The number of carbonyl (C=O) groups excluding carboxylic acids is 1. The first-order valence-corrected chi connectivity index (χ1v) is 6.96. The number of halogens is 1. The zero-order chi connectivity index (χ0) is 14.5. The summed E-state index contributed by atoms with van der Waals surface area (Å²) in [6.07, 6.45) is 2.25. The normalized spacial score (nSPS) is 16.4. The third kappa shape index (κ3) is 3.28. The zero-order valence-electron chi connectivity index (χ0n) is 11.6. The van der Waals surface area contributed by atoms with E-state index in [-0.39, 0.29) is 24.3 Å². The second kappa shape index (κ2) is 6.70. The van der Waals surface area contributed by atoms with E-state index in [4.69, 9.17) is 9.84 Å². The molecule has 110 valence electrons. The predicted molar refractivity (Wildman–Crippen MR) is 72.9 cm³/mol. The van der Waals surface area contributed by atoms with Gasteiger partial charge in [0.2, 0.25) is 0 Å². The number of benzene rings is 1. The van der Waals surface area contributed by atoms with Crippen LogP contribution in [0.1, 0.15) is 26.2 Å². The Balaban J connectivity index is 2.01. The molecule has 1 aromatic rings. The van der Waals surface area contributed by atoms with Crippen LogP contribution in [-0.4, -0.2) is 41.2 Å². The molecule has 0 aliphatic heterocycles. The van der Waals surface area contributed by atoms with Gasteiger partial charge in [0.05, 0.1) is 6.61 Å². The summed E-state index contributed by atoms with van der Waals surface area (Å²) in [5.41, 5.74) is 0. The van der Waals surface area contributed by atoms with E-state index >= 15 is 0 Å². The highest BCUT2D eigenvalue weighted by atomic mass is 19.1. The highest BCUT2D eigenvalue weighted by Gasteiger charge is 2.31. The summed E-state index contributed by atoms with van der Waals surface area (Å²) in [6, 6.07) is 6.21. The van der Waals surface area contributed by atoms with Crippen molar-refractivity contribution in [3.63, 3.8) is 0 Å². The van der Waals surface area contributed by atoms with Crippen LogP contribution in [0.4, 0.5) is 4.39 Å². The first-order chi connectivity index (χ1) is 9.63. The molecule has 1 aliphatic rings. The number of aliphatic hydroxyl groups is 1. The Labute approximate surface area is 118 Å². The Kier molecular flexibility index (Phi) is 4.95. The van der Waals surface area contributed by atoms with Crippen LogP contribution in [0.5, 0.6) is 5.75 Å². The zero-order valence-corrected chi connectivity index (χ0v) is 11.6. The molecule has 0 bridgehead atoms. The predicted octanol–water partition coefficient (Wildman–Crippen LogP) is 1.97. The first-order valence-electron chi connectivity index (χ1n) is 6.96. The van der Waals surface area contributed by atoms with Crippen molar-refractivity contribution in [2.75, 3.05) is 13.2 Å². The minimum absolute atomic E-state index is 0.0747. The van der Waals surface area contributed by atoms with Crippen molar-refractivity contribution in [3.05, 3.63) is 30.1 Å². The number of hydrogen-bond acceptors (Lipinski definition) is 3. The fraction of sp³-hybridized carbons (Fsp3) is 0.533. The van der Waals surface area contributed by atoms with Crippen LogP contribution in [0.15, 0.2) is 24.3 Å². The smallest absolute Gasteiger partial charge is 0.263 e. The highest BCUT2D eigenvalue weighted by molar-refractivity contribution is 5.81. The molecule has 20 heavy (non-hydrogen) atoms. The van der Waals surface area contributed by atoms with Crippen LogP contribution in [0.25, 0.3) is 0 Å². The molecule has 1 unspecified atom stereocenters. The molecular formula is C15H20FNO3. The molecule has 0 heterocycles. The number of aliphatic hydroxyl groups excluding tert-OH is 1. The van der Waals surface area contributed by atoms with Crippen LogP contribution in [0, 0.1) is 5.82 Å². The van der Waals surface area contributed by atoms with Crippen LogP contribution in [0.2, 0.25) is 0 Å². The third-order valence-electron chi connectivity index (χ3n) is 3.63. The lowest BCUT2D eigenvalue weighted by Crippen LogP contribution is -2.50. The van der Waals surface area contributed by atoms with Gasteiger partial charge < -0.3 is 14.7 Å². The standard InChI is InChI=1S/C15H20FNO3/c1-11(20-14-8-3-2-7-13(14)16)15(19)17(9-10-18)12-5-4-6-12/h2-3,7-8,11-12,18H,4-6,9-10H2,1H3. The van der Waals surface area contributed by atoms with E-state index in [0.717, 1.165) is 19.3 Å². The van der Waals surface area contributed by atoms with Gasteiger partial charge in [-0.2, -0.15) is 0 Å². The van der Waals surface area contributed by atoms with Gasteiger partial charge in [-0.3, -0.25) is 4.79 Å². The Morgan fingerprint density at radius 1 is 1.50 bits per heavy atom. The molecule has 5 heteroatoms. The summed E-state index contributed by atoms with van der Waals surface area (Å²) < 4.78 is 18.9. The number of amides is 1.